The molecule has 0 aliphatic carbocycles. The van der Waals surface area contributed by atoms with Gasteiger partial charge in [0.1, 0.15) is 48.8 Å². The number of allylic oxidation sites excluding steroid dienone is 19. The van der Waals surface area contributed by atoms with E-state index in [2.05, 4.69) is 129 Å². The van der Waals surface area contributed by atoms with Crippen LogP contribution in [0.4, 0.5) is 0 Å². The molecule has 486 valence electrons. The van der Waals surface area contributed by atoms with Crippen LogP contribution >= 0.6 is 0 Å². The van der Waals surface area contributed by atoms with E-state index in [-0.39, 0.29) is 18.9 Å². The van der Waals surface area contributed by atoms with E-state index in [0.717, 1.165) is 109 Å². The van der Waals surface area contributed by atoms with Gasteiger partial charge < -0.3 is 65.1 Å². The van der Waals surface area contributed by atoms with Gasteiger partial charge in [0.05, 0.1) is 32.0 Å². The smallest absolute Gasteiger partial charge is 0.220 e. The van der Waals surface area contributed by atoms with Crippen LogP contribution in [0.3, 0.4) is 0 Å². The lowest BCUT2D eigenvalue weighted by atomic mass is 9.97. The minimum atomic E-state index is -1.80. The standard InChI is InChI=1S/C71H119NO13/c1-3-5-7-9-11-13-15-17-19-21-23-24-25-26-27-28-29-30-31-32-33-34-35-36-37-39-41-43-45-47-49-51-53-55-63(76)72-59(60(75)54-52-50-48-46-44-42-40-38-22-20-18-16-14-12-10-8-6-4-2)58-82-70-68(81)66(79)69(62(57-74)84-70)85-71-67(80)65(78)64(77)61(56-73)83-71/h5,7,11,13,17,19,23-24,26-27,29-30,32-33,35-36,39,41,52,54,59-62,64-71,73-75,77-81H,3-4,6,8-10,12,14-16,18,20-22,25,28,31,34,37-38,40,42-51,53,55-58H2,1-2H3,(H,72,76)/b7-5-,13-11-,19-17-,24-23-,27-26-,30-29-,33-32-,36-35-,41-39-,54-52+. The van der Waals surface area contributed by atoms with Crippen LogP contribution in [0.25, 0.3) is 0 Å². The second-order valence-electron chi connectivity index (χ2n) is 22.9. The Bertz CT molecular complexity index is 1890. The van der Waals surface area contributed by atoms with Crippen LogP contribution in [0.5, 0.6) is 0 Å². The third kappa shape index (κ3) is 39.1. The maximum Gasteiger partial charge on any atom is 0.220 e. The molecule has 0 radical (unpaired) electrons. The summed E-state index contributed by atoms with van der Waals surface area (Å²) < 4.78 is 22.8. The molecular formula is C71H119NO13. The predicted molar refractivity (Wildman–Crippen MR) is 345 cm³/mol. The van der Waals surface area contributed by atoms with Crippen molar-refractivity contribution in [2.75, 3.05) is 19.8 Å². The molecule has 0 aromatic rings. The molecule has 1 amide bonds. The summed E-state index contributed by atoms with van der Waals surface area (Å²) in [6.07, 6.45) is 62.3. The minimum Gasteiger partial charge on any atom is -0.394 e. The molecule has 0 aromatic heterocycles. The summed E-state index contributed by atoms with van der Waals surface area (Å²) in [5, 5.41) is 87.3. The monoisotopic (exact) mass is 1190 g/mol. The Balaban J connectivity index is 1.72. The first-order chi connectivity index (χ1) is 41.6. The van der Waals surface area contributed by atoms with E-state index in [4.69, 9.17) is 18.9 Å². The van der Waals surface area contributed by atoms with Crippen molar-refractivity contribution in [3.05, 3.63) is 122 Å². The molecule has 2 fully saturated rings. The van der Waals surface area contributed by atoms with Gasteiger partial charge in [-0.05, 0) is 89.9 Å². The molecular weight excluding hydrogens is 1070 g/mol. The highest BCUT2D eigenvalue weighted by atomic mass is 16.7. The number of rotatable bonds is 52. The van der Waals surface area contributed by atoms with E-state index in [1.807, 2.05) is 6.08 Å². The molecule has 2 aliphatic rings. The van der Waals surface area contributed by atoms with Crippen LogP contribution in [-0.4, -0.2) is 140 Å². The van der Waals surface area contributed by atoms with Crippen LogP contribution in [-0.2, 0) is 23.7 Å². The number of hydrogen-bond acceptors (Lipinski definition) is 13. The fourth-order valence-corrected chi connectivity index (χ4v) is 10.1. The highest BCUT2D eigenvalue weighted by Crippen LogP contribution is 2.30. The number of carbonyl (C=O) groups is 1. The number of aliphatic hydroxyl groups excluding tert-OH is 8. The summed E-state index contributed by atoms with van der Waals surface area (Å²) in [7, 11) is 0. The molecule has 85 heavy (non-hydrogen) atoms. The number of hydrogen-bond donors (Lipinski definition) is 9. The van der Waals surface area contributed by atoms with Gasteiger partial charge in [-0.3, -0.25) is 4.79 Å². The number of nitrogens with one attached hydrogen (secondary N) is 1. The summed E-state index contributed by atoms with van der Waals surface area (Å²) in [6, 6.07) is -0.935. The lowest BCUT2D eigenvalue weighted by molar-refractivity contribution is -0.359. The average molecular weight is 1190 g/mol. The molecule has 2 aliphatic heterocycles. The van der Waals surface area contributed by atoms with Gasteiger partial charge in [0.25, 0.3) is 0 Å². The van der Waals surface area contributed by atoms with E-state index in [1.54, 1.807) is 6.08 Å². The van der Waals surface area contributed by atoms with Crippen molar-refractivity contribution in [2.45, 2.75) is 299 Å². The van der Waals surface area contributed by atoms with Gasteiger partial charge >= 0.3 is 0 Å². The Morgan fingerprint density at radius 3 is 1.25 bits per heavy atom. The quantitative estimate of drug-likeness (QED) is 0.0204. The highest BCUT2D eigenvalue weighted by molar-refractivity contribution is 5.76. The van der Waals surface area contributed by atoms with Crippen molar-refractivity contribution in [2.24, 2.45) is 0 Å². The van der Waals surface area contributed by atoms with Gasteiger partial charge in [0, 0.05) is 6.42 Å². The SMILES string of the molecule is CC/C=C\C/C=C\C/C=C\C/C=C\C/C=C\C/C=C\C/C=C\C/C=C\C/C=C\CCCCCCCC(=O)NC(COC1OC(CO)C(OC2OC(CO)C(O)C(O)C2O)C(O)C1O)C(O)/C=C/CCCCCCCCCCCCCCCCCC. The van der Waals surface area contributed by atoms with Crippen molar-refractivity contribution >= 4 is 5.91 Å². The van der Waals surface area contributed by atoms with E-state index >= 15 is 0 Å². The molecule has 14 nitrogen and oxygen atoms in total. The van der Waals surface area contributed by atoms with Gasteiger partial charge in [-0.25, -0.2) is 0 Å². The number of aliphatic hydroxyl groups is 8. The zero-order valence-corrected chi connectivity index (χ0v) is 52.6. The number of carbonyl (C=O) groups excluding carboxylic acids is 1. The molecule has 12 unspecified atom stereocenters. The van der Waals surface area contributed by atoms with Gasteiger partial charge in [0.2, 0.25) is 5.91 Å². The van der Waals surface area contributed by atoms with Crippen LogP contribution in [0.2, 0.25) is 0 Å². The van der Waals surface area contributed by atoms with E-state index in [0.29, 0.717) is 6.42 Å². The maximum absolute atomic E-state index is 13.3. The van der Waals surface area contributed by atoms with Gasteiger partial charge in [-0.1, -0.05) is 251 Å². The molecule has 9 N–H and O–H groups in total. The first kappa shape index (κ1) is 77.5. The molecule has 14 heteroatoms. The van der Waals surface area contributed by atoms with Crippen LogP contribution in [0, 0.1) is 0 Å². The second kappa shape index (κ2) is 54.5. The first-order valence-corrected chi connectivity index (χ1v) is 33.3. The molecule has 0 aromatic carbocycles. The predicted octanol–water partition coefficient (Wildman–Crippen LogP) is 12.9. The molecule has 0 saturated carbocycles. The largest absolute Gasteiger partial charge is 0.394 e. The Hall–Kier alpha value is -3.61. The molecule has 2 rings (SSSR count). The fourth-order valence-electron chi connectivity index (χ4n) is 10.1. The number of amides is 1. The summed E-state index contributed by atoms with van der Waals surface area (Å²) >= 11 is 0. The highest BCUT2D eigenvalue weighted by Gasteiger charge is 2.51. The molecule has 12 atom stereocenters. The summed E-state index contributed by atoms with van der Waals surface area (Å²) in [5.74, 6) is -0.262. The van der Waals surface area contributed by atoms with Crippen molar-refractivity contribution < 1.29 is 64.6 Å². The van der Waals surface area contributed by atoms with Crippen LogP contribution in [0.15, 0.2) is 122 Å². The number of ether oxygens (including phenoxy) is 4. The minimum absolute atomic E-state index is 0.251. The molecule has 0 bridgehead atoms. The number of unbranched alkanes of at least 4 members (excludes halogenated alkanes) is 21. The fraction of sp³-hybridized carbons (Fsp3) is 0.704. The van der Waals surface area contributed by atoms with E-state index < -0.39 is 86.8 Å². The normalized spacial score (nSPS) is 24.4. The van der Waals surface area contributed by atoms with Crippen molar-refractivity contribution in [3.8, 4) is 0 Å². The molecule has 0 spiro atoms. The van der Waals surface area contributed by atoms with Gasteiger partial charge in [-0.2, -0.15) is 0 Å². The first-order valence-electron chi connectivity index (χ1n) is 33.3. The van der Waals surface area contributed by atoms with Crippen LogP contribution < -0.4 is 5.32 Å². The van der Waals surface area contributed by atoms with Crippen molar-refractivity contribution in [1.82, 2.24) is 5.32 Å². The zero-order valence-electron chi connectivity index (χ0n) is 52.6. The Morgan fingerprint density at radius 2 is 0.812 bits per heavy atom. The van der Waals surface area contributed by atoms with E-state index in [1.165, 1.54) is 89.9 Å². The topological polar surface area (TPSA) is 228 Å². The maximum atomic E-state index is 13.3. The Morgan fingerprint density at radius 1 is 0.435 bits per heavy atom. The van der Waals surface area contributed by atoms with Gasteiger partial charge in [-0.15, -0.1) is 0 Å². The third-order valence-corrected chi connectivity index (χ3v) is 15.4. The summed E-state index contributed by atoms with van der Waals surface area (Å²) in [5.41, 5.74) is 0. The third-order valence-electron chi connectivity index (χ3n) is 15.4. The Labute approximate surface area is 514 Å². The van der Waals surface area contributed by atoms with Gasteiger partial charge in [0.15, 0.2) is 12.6 Å². The second-order valence-corrected chi connectivity index (χ2v) is 22.9. The van der Waals surface area contributed by atoms with Crippen molar-refractivity contribution in [3.63, 3.8) is 0 Å². The van der Waals surface area contributed by atoms with Crippen molar-refractivity contribution in [1.29, 1.82) is 0 Å². The molecule has 2 heterocycles. The summed E-state index contributed by atoms with van der Waals surface area (Å²) in [6.45, 7) is 2.67. The molecule has 2 saturated heterocycles. The lowest BCUT2D eigenvalue weighted by Gasteiger charge is -2.46. The average Bonchev–Trinajstić information content (AvgIpc) is 3.29. The summed E-state index contributed by atoms with van der Waals surface area (Å²) in [4.78, 5) is 13.3. The lowest BCUT2D eigenvalue weighted by Crippen LogP contribution is -2.65. The van der Waals surface area contributed by atoms with E-state index in [9.17, 15) is 45.6 Å². The Kier molecular flexibility index (Phi) is 49.7. The zero-order chi connectivity index (χ0) is 61.6. The van der Waals surface area contributed by atoms with Crippen LogP contribution in [0.1, 0.15) is 226 Å².